The summed E-state index contributed by atoms with van der Waals surface area (Å²) in [5, 5.41) is 5.17. The van der Waals surface area contributed by atoms with E-state index in [1.165, 1.54) is 133 Å². The van der Waals surface area contributed by atoms with Crippen LogP contribution < -0.4 is 15.8 Å². The average Bonchev–Trinajstić information content (AvgIpc) is 3.79. The Bertz CT molecular complexity index is 4040. The van der Waals surface area contributed by atoms with Crippen molar-refractivity contribution < 1.29 is 0 Å². The zero-order valence-corrected chi connectivity index (χ0v) is 44.5. The van der Waals surface area contributed by atoms with Crippen LogP contribution in [0.2, 0.25) is 0 Å². The monoisotopic (exact) mass is 955 g/mol. The first-order valence-electron chi connectivity index (χ1n) is 26.6. The van der Waals surface area contributed by atoms with Crippen LogP contribution in [0, 0.1) is 6.92 Å². The van der Waals surface area contributed by atoms with Crippen LogP contribution in [0.15, 0.2) is 200 Å². The Hall–Kier alpha value is -7.88. The van der Waals surface area contributed by atoms with E-state index in [0.717, 1.165) is 5.69 Å². The molecule has 0 unspecified atom stereocenters. The number of anilines is 3. The molecule has 0 amide bonds. The summed E-state index contributed by atoms with van der Waals surface area (Å²) in [6.45, 7) is 22.7. The van der Waals surface area contributed by atoms with Gasteiger partial charge in [0, 0.05) is 44.4 Å². The van der Waals surface area contributed by atoms with Crippen LogP contribution in [-0.2, 0) is 16.2 Å². The van der Waals surface area contributed by atoms with Crippen molar-refractivity contribution in [3.63, 3.8) is 0 Å². The summed E-state index contributed by atoms with van der Waals surface area (Å²) in [6, 6.07) is 76.9. The van der Waals surface area contributed by atoms with Gasteiger partial charge >= 0.3 is 6.85 Å². The number of fused-ring (bicyclic) bond motifs is 9. The Balaban J connectivity index is 1.09. The van der Waals surface area contributed by atoms with Gasteiger partial charge in [-0.15, -0.1) is 0 Å². The molecule has 10 aromatic carbocycles. The smallest absolute Gasteiger partial charge is 0.333 e. The quantitative estimate of drug-likeness (QED) is 0.156. The van der Waals surface area contributed by atoms with Crippen molar-refractivity contribution >= 4 is 67.4 Å². The molecule has 11 aromatic rings. The Morgan fingerprint density at radius 2 is 0.878 bits per heavy atom. The third-order valence-corrected chi connectivity index (χ3v) is 16.4. The molecule has 0 radical (unpaired) electrons. The van der Waals surface area contributed by atoms with Gasteiger partial charge in [-0.3, -0.25) is 0 Å². The van der Waals surface area contributed by atoms with Crippen LogP contribution in [0.5, 0.6) is 0 Å². The molecule has 0 aliphatic carbocycles. The molecule has 3 heteroatoms. The molecule has 13 rings (SSSR count). The summed E-state index contributed by atoms with van der Waals surface area (Å²) in [6.07, 6.45) is 0. The molecule has 0 bridgehead atoms. The molecule has 0 N–H and O–H groups in total. The number of nitrogens with zero attached hydrogens (tertiary/aromatic N) is 2. The van der Waals surface area contributed by atoms with Crippen LogP contribution in [0.1, 0.15) is 84.6 Å². The second-order valence-electron chi connectivity index (χ2n) is 24.2. The number of hydrogen-bond acceptors (Lipinski definition) is 1. The van der Waals surface area contributed by atoms with Crippen LogP contribution in [0.25, 0.3) is 88.2 Å². The van der Waals surface area contributed by atoms with E-state index in [4.69, 9.17) is 0 Å². The SMILES string of the molecule is Cc1ccccc1-c1cccc2c1ccc1c2c2cccc3c2n1B1c2cc(-c4ccc(C(C)(C)C)cc4)ccc2N(c2ccc(-c4ccc(C(C)(C)C)cc4)cc2)c2cc(-c4ccc(C(C)(C)C)cc4)cc-3c21. The standard InChI is InChI=1S/C71H63BN2/c1-44-15-11-12-16-55(44)56-17-13-18-58-57(56)38-40-64-66(58)60-20-14-19-59-61-41-50(48-25-34-53(35-26-48)71(8,9)10)43-65-67(61)72(74(64)68(59)60)62-42-49(47-23-32-52(33-24-47)70(5,6)7)29-39-63(62)73(65)54-36-27-46(28-37-54)45-21-30-51(31-22-45)69(2,3)4/h11-43H,1-10H3. The highest BCUT2D eigenvalue weighted by molar-refractivity contribution is 6.90. The maximum atomic E-state index is 2.72. The molecule has 2 aliphatic rings. The zero-order valence-electron chi connectivity index (χ0n) is 44.5. The molecule has 0 fully saturated rings. The van der Waals surface area contributed by atoms with Crippen LogP contribution in [0.3, 0.4) is 0 Å². The van der Waals surface area contributed by atoms with Crippen LogP contribution in [0.4, 0.5) is 17.1 Å². The fraction of sp³-hybridized carbons (Fsp3) is 0.183. The molecule has 1 aromatic heterocycles. The second-order valence-corrected chi connectivity index (χ2v) is 24.2. The summed E-state index contributed by atoms with van der Waals surface area (Å²) >= 11 is 0. The Morgan fingerprint density at radius 1 is 0.365 bits per heavy atom. The second kappa shape index (κ2) is 16.6. The van der Waals surface area contributed by atoms with Crippen molar-refractivity contribution in [1.82, 2.24) is 4.48 Å². The first-order valence-corrected chi connectivity index (χ1v) is 26.6. The number of para-hydroxylation sites is 1. The van der Waals surface area contributed by atoms with E-state index in [1.54, 1.807) is 0 Å². The van der Waals surface area contributed by atoms with Crippen LogP contribution in [-0.4, -0.2) is 11.3 Å². The lowest BCUT2D eigenvalue weighted by molar-refractivity contribution is 0.590. The highest BCUT2D eigenvalue weighted by Gasteiger charge is 2.43. The minimum absolute atomic E-state index is 0.0519. The van der Waals surface area contributed by atoms with Crippen molar-refractivity contribution in [2.24, 2.45) is 0 Å². The predicted molar refractivity (Wildman–Crippen MR) is 320 cm³/mol. The van der Waals surface area contributed by atoms with E-state index in [2.05, 4.69) is 279 Å². The highest BCUT2D eigenvalue weighted by atomic mass is 15.2. The normalized spacial score (nSPS) is 13.2. The summed E-state index contributed by atoms with van der Waals surface area (Å²) in [5.41, 5.74) is 26.7. The molecule has 0 spiro atoms. The van der Waals surface area contributed by atoms with Gasteiger partial charge in [0.2, 0.25) is 0 Å². The van der Waals surface area contributed by atoms with Crippen molar-refractivity contribution in [3.05, 3.63) is 222 Å². The first-order chi connectivity index (χ1) is 35.5. The molecule has 360 valence electrons. The maximum absolute atomic E-state index is 2.72. The Labute approximate surface area is 438 Å². The summed E-state index contributed by atoms with van der Waals surface area (Å²) in [5.74, 6) is 0. The molecule has 2 aliphatic heterocycles. The Kier molecular flexibility index (Phi) is 10.3. The fourth-order valence-corrected chi connectivity index (χ4v) is 12.3. The molecular weight excluding hydrogens is 892 g/mol. The van der Waals surface area contributed by atoms with E-state index in [9.17, 15) is 0 Å². The molecular formula is C71H63BN2. The van der Waals surface area contributed by atoms with E-state index in [1.807, 2.05) is 0 Å². The highest BCUT2D eigenvalue weighted by Crippen LogP contribution is 2.49. The topological polar surface area (TPSA) is 8.17 Å². The van der Waals surface area contributed by atoms with Gasteiger partial charge in [0.1, 0.15) is 0 Å². The number of rotatable bonds is 5. The van der Waals surface area contributed by atoms with Gasteiger partial charge in [0.25, 0.3) is 0 Å². The van der Waals surface area contributed by atoms with Gasteiger partial charge in [0.05, 0.1) is 0 Å². The minimum atomic E-state index is -0.107. The van der Waals surface area contributed by atoms with Gasteiger partial charge in [0.15, 0.2) is 0 Å². The van der Waals surface area contributed by atoms with Gasteiger partial charge in [-0.05, 0) is 154 Å². The van der Waals surface area contributed by atoms with E-state index < -0.39 is 0 Å². The molecule has 0 atom stereocenters. The predicted octanol–water partition coefficient (Wildman–Crippen LogP) is 18.2. The number of hydrogen-bond donors (Lipinski definition) is 0. The zero-order chi connectivity index (χ0) is 51.0. The minimum Gasteiger partial charge on any atom is -0.375 e. The summed E-state index contributed by atoms with van der Waals surface area (Å²) < 4.78 is 2.72. The third kappa shape index (κ3) is 7.30. The number of aromatic nitrogens is 1. The van der Waals surface area contributed by atoms with Crippen LogP contribution >= 0.6 is 0 Å². The number of benzene rings is 10. The van der Waals surface area contributed by atoms with Crippen molar-refractivity contribution in [2.45, 2.75) is 85.5 Å². The van der Waals surface area contributed by atoms with E-state index >= 15 is 0 Å². The fourth-order valence-electron chi connectivity index (χ4n) is 12.3. The lowest BCUT2D eigenvalue weighted by atomic mass is 9.44. The first kappa shape index (κ1) is 45.9. The molecule has 0 saturated heterocycles. The third-order valence-electron chi connectivity index (χ3n) is 16.4. The van der Waals surface area contributed by atoms with Gasteiger partial charge in [-0.25, -0.2) is 0 Å². The molecule has 0 saturated carbocycles. The lowest BCUT2D eigenvalue weighted by Gasteiger charge is -2.41. The Morgan fingerprint density at radius 3 is 1.47 bits per heavy atom. The van der Waals surface area contributed by atoms with Gasteiger partial charge < -0.3 is 9.38 Å². The average molecular weight is 955 g/mol. The van der Waals surface area contributed by atoms with Crippen molar-refractivity contribution in [1.29, 1.82) is 0 Å². The summed E-state index contributed by atoms with van der Waals surface area (Å²) in [7, 11) is 0. The van der Waals surface area contributed by atoms with Crippen molar-refractivity contribution in [3.8, 4) is 55.6 Å². The molecule has 74 heavy (non-hydrogen) atoms. The van der Waals surface area contributed by atoms with Crippen molar-refractivity contribution in [2.75, 3.05) is 4.90 Å². The number of aryl methyl sites for hydroxylation is 1. The molecule has 2 nitrogen and oxygen atoms in total. The summed E-state index contributed by atoms with van der Waals surface area (Å²) in [4.78, 5) is 2.57. The van der Waals surface area contributed by atoms with Gasteiger partial charge in [-0.2, -0.15) is 0 Å². The lowest BCUT2D eigenvalue weighted by Crippen LogP contribution is -2.56. The maximum Gasteiger partial charge on any atom is 0.333 e. The van der Waals surface area contributed by atoms with E-state index in [0.29, 0.717) is 0 Å². The van der Waals surface area contributed by atoms with Gasteiger partial charge in [-0.1, -0.05) is 226 Å². The molecule has 3 heterocycles. The largest absolute Gasteiger partial charge is 0.375 e. The van der Waals surface area contributed by atoms with E-state index in [-0.39, 0.29) is 23.1 Å².